The molecule has 0 fully saturated rings. The minimum atomic E-state index is -0.222. The van der Waals surface area contributed by atoms with Crippen LogP contribution in [0.15, 0.2) is 40.3 Å². The van der Waals surface area contributed by atoms with Gasteiger partial charge in [0.25, 0.3) is 5.91 Å². The Kier molecular flexibility index (Phi) is 4.66. The summed E-state index contributed by atoms with van der Waals surface area (Å²) in [6.07, 6.45) is 1.45. The van der Waals surface area contributed by atoms with Gasteiger partial charge in [0, 0.05) is 11.1 Å². The van der Waals surface area contributed by atoms with Crippen LogP contribution >= 0.6 is 11.3 Å². The molecule has 0 spiro atoms. The van der Waals surface area contributed by atoms with Crippen LogP contribution in [0.5, 0.6) is 5.75 Å². The first-order valence-corrected chi connectivity index (χ1v) is 8.50. The van der Waals surface area contributed by atoms with Gasteiger partial charge in [0.05, 0.1) is 17.2 Å². The average molecular weight is 342 g/mol. The summed E-state index contributed by atoms with van der Waals surface area (Å²) >= 11 is 1.54. The molecule has 0 saturated carbocycles. The quantitative estimate of drug-likeness (QED) is 0.732. The number of nitrogens with one attached hydrogen (secondary N) is 1. The average Bonchev–Trinajstić information content (AvgIpc) is 3.19. The standard InChI is InChI=1S/C18H18N2O3S/c1-4-22-16-6-5-14(7-11(16)2)20-18(21)13-8-17(23-9-13)15-10-24-12(3)19-15/h5-10H,4H2,1-3H3,(H,20,21). The van der Waals surface area contributed by atoms with Crippen LogP contribution in [-0.4, -0.2) is 17.5 Å². The van der Waals surface area contributed by atoms with Crippen molar-refractivity contribution in [2.75, 3.05) is 11.9 Å². The van der Waals surface area contributed by atoms with Crippen molar-refractivity contribution in [1.82, 2.24) is 4.98 Å². The molecule has 3 aromatic rings. The number of ether oxygens (including phenoxy) is 1. The fraction of sp³-hybridized carbons (Fsp3) is 0.222. The summed E-state index contributed by atoms with van der Waals surface area (Å²) in [6, 6.07) is 7.26. The van der Waals surface area contributed by atoms with Gasteiger partial charge in [0.2, 0.25) is 0 Å². The van der Waals surface area contributed by atoms with Crippen molar-refractivity contribution in [2.45, 2.75) is 20.8 Å². The number of hydrogen-bond acceptors (Lipinski definition) is 5. The van der Waals surface area contributed by atoms with Crippen molar-refractivity contribution in [3.05, 3.63) is 52.0 Å². The lowest BCUT2D eigenvalue weighted by molar-refractivity contribution is 0.102. The number of furan rings is 1. The van der Waals surface area contributed by atoms with Crippen LogP contribution in [0.25, 0.3) is 11.5 Å². The first kappa shape index (κ1) is 16.3. The van der Waals surface area contributed by atoms with Crippen molar-refractivity contribution in [3.8, 4) is 17.2 Å². The van der Waals surface area contributed by atoms with Crippen LogP contribution in [0.4, 0.5) is 5.69 Å². The Morgan fingerprint density at radius 3 is 2.83 bits per heavy atom. The van der Waals surface area contributed by atoms with Crippen LogP contribution in [0, 0.1) is 13.8 Å². The number of rotatable bonds is 5. The molecule has 0 unspecified atom stereocenters. The highest BCUT2D eigenvalue weighted by Gasteiger charge is 2.14. The maximum Gasteiger partial charge on any atom is 0.258 e. The number of aromatic nitrogens is 1. The molecule has 0 atom stereocenters. The third-order valence-corrected chi connectivity index (χ3v) is 4.24. The van der Waals surface area contributed by atoms with Gasteiger partial charge in [-0.3, -0.25) is 4.79 Å². The van der Waals surface area contributed by atoms with Crippen molar-refractivity contribution in [3.63, 3.8) is 0 Å². The molecule has 1 amide bonds. The van der Waals surface area contributed by atoms with Crippen molar-refractivity contribution in [1.29, 1.82) is 0 Å². The zero-order valence-corrected chi connectivity index (χ0v) is 14.6. The van der Waals surface area contributed by atoms with E-state index in [2.05, 4.69) is 10.3 Å². The lowest BCUT2D eigenvalue weighted by Gasteiger charge is -2.09. The van der Waals surface area contributed by atoms with E-state index in [0.717, 1.165) is 22.0 Å². The number of carbonyl (C=O) groups is 1. The predicted molar refractivity (Wildman–Crippen MR) is 94.9 cm³/mol. The number of thiazole rings is 1. The second-order valence-electron chi connectivity index (χ2n) is 5.32. The van der Waals surface area contributed by atoms with Gasteiger partial charge in [0.1, 0.15) is 17.7 Å². The molecule has 3 rings (SSSR count). The fourth-order valence-corrected chi connectivity index (χ4v) is 2.92. The van der Waals surface area contributed by atoms with Crippen LogP contribution in [0.1, 0.15) is 27.9 Å². The van der Waals surface area contributed by atoms with Crippen molar-refractivity contribution in [2.24, 2.45) is 0 Å². The normalized spacial score (nSPS) is 10.6. The van der Waals surface area contributed by atoms with Gasteiger partial charge < -0.3 is 14.5 Å². The molecule has 0 aliphatic carbocycles. The Labute approximate surface area is 144 Å². The van der Waals surface area contributed by atoms with Crippen molar-refractivity contribution < 1.29 is 13.9 Å². The molecule has 2 aromatic heterocycles. The van der Waals surface area contributed by atoms with Gasteiger partial charge >= 0.3 is 0 Å². The minimum absolute atomic E-state index is 0.222. The van der Waals surface area contributed by atoms with Crippen LogP contribution in [0.2, 0.25) is 0 Å². The number of aryl methyl sites for hydroxylation is 2. The van der Waals surface area contributed by atoms with Gasteiger partial charge in [-0.2, -0.15) is 0 Å². The Morgan fingerprint density at radius 1 is 1.33 bits per heavy atom. The van der Waals surface area contributed by atoms with Crippen LogP contribution in [-0.2, 0) is 0 Å². The first-order chi connectivity index (χ1) is 11.6. The molecule has 0 saturated heterocycles. The van der Waals surface area contributed by atoms with E-state index in [9.17, 15) is 4.79 Å². The molecule has 1 aromatic carbocycles. The van der Waals surface area contributed by atoms with Crippen LogP contribution in [0.3, 0.4) is 0 Å². The van der Waals surface area contributed by atoms with Crippen molar-refractivity contribution >= 4 is 22.9 Å². The second kappa shape index (κ2) is 6.88. The summed E-state index contributed by atoms with van der Waals surface area (Å²) in [4.78, 5) is 16.7. The third-order valence-electron chi connectivity index (χ3n) is 3.47. The van der Waals surface area contributed by atoms with E-state index < -0.39 is 0 Å². The maximum absolute atomic E-state index is 12.4. The van der Waals surface area contributed by atoms with E-state index in [-0.39, 0.29) is 5.91 Å². The molecule has 1 N–H and O–H groups in total. The molecular formula is C18H18N2O3S. The molecule has 124 valence electrons. The zero-order chi connectivity index (χ0) is 17.1. The van der Waals surface area contributed by atoms with E-state index >= 15 is 0 Å². The van der Waals surface area contributed by atoms with Gasteiger partial charge in [-0.05, 0) is 50.6 Å². The highest BCUT2D eigenvalue weighted by molar-refractivity contribution is 7.09. The summed E-state index contributed by atoms with van der Waals surface area (Å²) in [5.74, 6) is 1.19. The Balaban J connectivity index is 1.73. The van der Waals surface area contributed by atoms with Gasteiger partial charge in [-0.15, -0.1) is 11.3 Å². The minimum Gasteiger partial charge on any atom is -0.494 e. The van der Waals surface area contributed by atoms with E-state index in [1.165, 1.54) is 6.26 Å². The Morgan fingerprint density at radius 2 is 2.17 bits per heavy atom. The summed E-state index contributed by atoms with van der Waals surface area (Å²) in [5, 5.41) is 5.73. The zero-order valence-electron chi connectivity index (χ0n) is 13.8. The molecule has 0 aliphatic rings. The number of nitrogens with zero attached hydrogens (tertiary/aromatic N) is 1. The van der Waals surface area contributed by atoms with Gasteiger partial charge in [-0.1, -0.05) is 0 Å². The molecule has 5 nitrogen and oxygen atoms in total. The molecule has 0 radical (unpaired) electrons. The summed E-state index contributed by atoms with van der Waals surface area (Å²) in [5.41, 5.74) is 2.89. The lowest BCUT2D eigenvalue weighted by Crippen LogP contribution is -2.11. The molecule has 2 heterocycles. The highest BCUT2D eigenvalue weighted by Crippen LogP contribution is 2.25. The third kappa shape index (κ3) is 3.49. The number of carbonyl (C=O) groups excluding carboxylic acids is 1. The number of benzene rings is 1. The number of hydrogen-bond donors (Lipinski definition) is 1. The van der Waals surface area contributed by atoms with E-state index in [4.69, 9.17) is 9.15 Å². The predicted octanol–water partition coefficient (Wildman–Crippen LogP) is 4.67. The fourth-order valence-electron chi connectivity index (χ4n) is 2.31. The smallest absolute Gasteiger partial charge is 0.258 e. The molecule has 0 aliphatic heterocycles. The number of anilines is 1. The molecular weight excluding hydrogens is 324 g/mol. The number of amides is 1. The van der Waals surface area contributed by atoms with Gasteiger partial charge in [-0.25, -0.2) is 4.98 Å². The summed E-state index contributed by atoms with van der Waals surface area (Å²) in [7, 11) is 0. The molecule has 6 heteroatoms. The van der Waals surface area contributed by atoms with Gasteiger partial charge in [0.15, 0.2) is 5.76 Å². The maximum atomic E-state index is 12.4. The monoisotopic (exact) mass is 342 g/mol. The highest BCUT2D eigenvalue weighted by atomic mass is 32.1. The molecule has 24 heavy (non-hydrogen) atoms. The molecule has 0 bridgehead atoms. The van der Waals surface area contributed by atoms with Crippen LogP contribution < -0.4 is 10.1 Å². The SMILES string of the molecule is CCOc1ccc(NC(=O)c2coc(-c3csc(C)n3)c2)cc1C. The lowest BCUT2D eigenvalue weighted by atomic mass is 10.2. The van der Waals surface area contributed by atoms with E-state index in [1.807, 2.05) is 44.4 Å². The Bertz CT molecular complexity index is 867. The topological polar surface area (TPSA) is 64.4 Å². The van der Waals surface area contributed by atoms with E-state index in [1.54, 1.807) is 17.4 Å². The Hall–Kier alpha value is -2.60. The summed E-state index contributed by atoms with van der Waals surface area (Å²) in [6.45, 7) is 6.43. The largest absolute Gasteiger partial charge is 0.494 e. The van der Waals surface area contributed by atoms with E-state index in [0.29, 0.717) is 23.6 Å². The summed E-state index contributed by atoms with van der Waals surface area (Å²) < 4.78 is 11.0. The first-order valence-electron chi connectivity index (χ1n) is 7.62. The second-order valence-corrected chi connectivity index (χ2v) is 6.38.